The molecule has 3 amide bonds. The van der Waals surface area contributed by atoms with Gasteiger partial charge in [0.25, 0.3) is 0 Å². The van der Waals surface area contributed by atoms with Gasteiger partial charge in [-0.05, 0) is 24.3 Å². The van der Waals surface area contributed by atoms with E-state index in [1.165, 1.54) is 4.90 Å². The molecule has 3 aliphatic rings. The van der Waals surface area contributed by atoms with Gasteiger partial charge in [0.05, 0.1) is 6.54 Å². The summed E-state index contributed by atoms with van der Waals surface area (Å²) in [5, 5.41) is 1.85. The zero-order chi connectivity index (χ0) is 19.3. The second-order valence-corrected chi connectivity index (χ2v) is 7.53. The second kappa shape index (κ2) is 6.51. The number of piperazine rings is 2. The molecule has 7 heteroatoms. The molecule has 0 bridgehead atoms. The van der Waals surface area contributed by atoms with Gasteiger partial charge in [0.15, 0.2) is 0 Å². The third-order valence-corrected chi connectivity index (χ3v) is 5.97. The molecule has 3 heterocycles. The van der Waals surface area contributed by atoms with Gasteiger partial charge in [0, 0.05) is 25.0 Å². The van der Waals surface area contributed by atoms with Crippen LogP contribution >= 0.6 is 0 Å². The summed E-state index contributed by atoms with van der Waals surface area (Å²) in [7, 11) is 0. The van der Waals surface area contributed by atoms with E-state index in [0.29, 0.717) is 25.4 Å². The van der Waals surface area contributed by atoms with Gasteiger partial charge in [0.1, 0.15) is 17.8 Å². The van der Waals surface area contributed by atoms with Crippen LogP contribution in [0.4, 0.5) is 4.79 Å². The number of carbonyl (C=O) groups is 3. The van der Waals surface area contributed by atoms with Crippen molar-refractivity contribution in [1.29, 1.82) is 0 Å². The van der Waals surface area contributed by atoms with Crippen molar-refractivity contribution in [2.24, 2.45) is 0 Å². The Hall–Kier alpha value is -3.09. The van der Waals surface area contributed by atoms with Gasteiger partial charge < -0.3 is 19.4 Å². The number of rotatable bonds is 1. The van der Waals surface area contributed by atoms with Gasteiger partial charge in [-0.25, -0.2) is 4.79 Å². The Morgan fingerprint density at radius 1 is 0.893 bits per heavy atom. The summed E-state index contributed by atoms with van der Waals surface area (Å²) in [6, 6.07) is 12.4. The maximum Gasteiger partial charge on any atom is 0.415 e. The van der Waals surface area contributed by atoms with Crippen LogP contribution in [-0.2, 0) is 9.59 Å². The minimum absolute atomic E-state index is 0.0178. The smallest absolute Gasteiger partial charge is 0.410 e. The lowest BCUT2D eigenvalue weighted by molar-refractivity contribution is -0.162. The largest absolute Gasteiger partial charge is 0.415 e. The molecule has 3 aliphatic heterocycles. The van der Waals surface area contributed by atoms with Crippen LogP contribution in [-0.4, -0.2) is 70.9 Å². The minimum Gasteiger partial charge on any atom is -0.410 e. The van der Waals surface area contributed by atoms with Crippen molar-refractivity contribution in [3.63, 3.8) is 0 Å². The average molecular weight is 379 g/mol. The standard InChI is InChI=1S/C21H21N3O4/c25-19-16-8-4-10-23(16)20(26)17-13-22(11-12-24(17)19)21(27)28-18-9-3-6-14-5-1-2-7-15(14)18/h1-3,5-7,9,16-17H,4,8,10-13H2/t16-,17+/m0/s1. The van der Waals surface area contributed by atoms with Gasteiger partial charge in [-0.2, -0.15) is 0 Å². The lowest BCUT2D eigenvalue weighted by Gasteiger charge is -2.47. The maximum absolute atomic E-state index is 12.8. The number of carbonyl (C=O) groups excluding carboxylic acids is 3. The Bertz CT molecular complexity index is 970. The Kier molecular flexibility index (Phi) is 3.96. The molecule has 0 aromatic heterocycles. The molecule has 28 heavy (non-hydrogen) atoms. The van der Waals surface area contributed by atoms with Gasteiger partial charge in [0.2, 0.25) is 11.8 Å². The molecule has 2 atom stereocenters. The van der Waals surface area contributed by atoms with Crippen molar-refractivity contribution >= 4 is 28.7 Å². The molecule has 3 saturated heterocycles. The zero-order valence-corrected chi connectivity index (χ0v) is 15.4. The predicted octanol–water partition coefficient (Wildman–Crippen LogP) is 1.86. The van der Waals surface area contributed by atoms with Gasteiger partial charge in [-0.15, -0.1) is 0 Å². The van der Waals surface area contributed by atoms with E-state index in [0.717, 1.165) is 23.6 Å². The topological polar surface area (TPSA) is 70.2 Å². The molecule has 0 unspecified atom stereocenters. The first-order valence-corrected chi connectivity index (χ1v) is 9.69. The van der Waals surface area contributed by atoms with Crippen LogP contribution in [0.15, 0.2) is 42.5 Å². The van der Waals surface area contributed by atoms with E-state index >= 15 is 0 Å². The first-order valence-electron chi connectivity index (χ1n) is 9.69. The summed E-state index contributed by atoms with van der Waals surface area (Å²) >= 11 is 0. The summed E-state index contributed by atoms with van der Waals surface area (Å²) in [6.07, 6.45) is 1.11. The molecular formula is C21H21N3O4. The van der Waals surface area contributed by atoms with E-state index in [4.69, 9.17) is 4.74 Å². The molecule has 0 saturated carbocycles. The highest BCUT2D eigenvalue weighted by molar-refractivity contribution is 5.98. The number of ether oxygens (including phenoxy) is 1. The van der Waals surface area contributed by atoms with E-state index in [2.05, 4.69) is 0 Å². The van der Waals surface area contributed by atoms with Crippen LogP contribution in [0.3, 0.4) is 0 Å². The fourth-order valence-corrected chi connectivity index (χ4v) is 4.54. The molecule has 2 aromatic rings. The monoisotopic (exact) mass is 379 g/mol. The predicted molar refractivity (Wildman–Crippen MR) is 102 cm³/mol. The fraction of sp³-hybridized carbons (Fsp3) is 0.381. The van der Waals surface area contributed by atoms with Crippen molar-refractivity contribution in [2.45, 2.75) is 24.9 Å². The molecule has 3 fully saturated rings. The van der Waals surface area contributed by atoms with Crippen molar-refractivity contribution in [3.05, 3.63) is 42.5 Å². The molecule has 0 N–H and O–H groups in total. The third kappa shape index (κ3) is 2.61. The van der Waals surface area contributed by atoms with Crippen molar-refractivity contribution in [3.8, 4) is 5.75 Å². The molecular weight excluding hydrogens is 358 g/mol. The number of fused-ring (bicyclic) bond motifs is 3. The lowest BCUT2D eigenvalue weighted by atomic mass is 10.0. The van der Waals surface area contributed by atoms with Crippen molar-refractivity contribution in [1.82, 2.24) is 14.7 Å². The first-order chi connectivity index (χ1) is 13.6. The van der Waals surface area contributed by atoms with E-state index in [1.807, 2.05) is 36.4 Å². The van der Waals surface area contributed by atoms with E-state index in [-0.39, 0.29) is 24.4 Å². The Morgan fingerprint density at radius 2 is 1.64 bits per heavy atom. The van der Waals surface area contributed by atoms with Gasteiger partial charge >= 0.3 is 6.09 Å². The van der Waals surface area contributed by atoms with Crippen LogP contribution < -0.4 is 4.74 Å². The fourth-order valence-electron chi connectivity index (χ4n) is 4.54. The molecule has 0 aliphatic carbocycles. The van der Waals surface area contributed by atoms with Crippen molar-refractivity contribution in [2.75, 3.05) is 26.2 Å². The highest BCUT2D eigenvalue weighted by Gasteiger charge is 2.50. The summed E-state index contributed by atoms with van der Waals surface area (Å²) in [5.74, 6) is 0.463. The van der Waals surface area contributed by atoms with Crippen molar-refractivity contribution < 1.29 is 19.1 Å². The quantitative estimate of drug-likeness (QED) is 0.758. The normalized spacial score (nSPS) is 24.4. The highest BCUT2D eigenvalue weighted by atomic mass is 16.6. The Labute approximate surface area is 162 Å². The summed E-state index contributed by atoms with van der Waals surface area (Å²) in [5.41, 5.74) is 0. The van der Waals surface area contributed by atoms with Crippen LogP contribution in [0.2, 0.25) is 0 Å². The highest BCUT2D eigenvalue weighted by Crippen LogP contribution is 2.30. The van der Waals surface area contributed by atoms with Crippen LogP contribution in [0, 0.1) is 0 Å². The lowest BCUT2D eigenvalue weighted by Crippen LogP contribution is -2.69. The maximum atomic E-state index is 12.8. The van der Waals surface area contributed by atoms with E-state index < -0.39 is 12.1 Å². The van der Waals surface area contributed by atoms with Gasteiger partial charge in [-0.1, -0.05) is 36.4 Å². The first kappa shape index (κ1) is 17.0. The van der Waals surface area contributed by atoms with Crippen LogP contribution in [0.5, 0.6) is 5.75 Å². The van der Waals surface area contributed by atoms with Crippen LogP contribution in [0.25, 0.3) is 10.8 Å². The zero-order valence-electron chi connectivity index (χ0n) is 15.4. The number of hydrogen-bond acceptors (Lipinski definition) is 4. The molecule has 2 aromatic carbocycles. The number of amides is 3. The van der Waals surface area contributed by atoms with E-state index in [9.17, 15) is 14.4 Å². The SMILES string of the molecule is O=C(Oc1cccc2ccccc12)N1CCN2C(=O)[C@@H]3CCCN3C(=O)[C@H]2C1. The summed E-state index contributed by atoms with van der Waals surface area (Å²) < 4.78 is 5.65. The molecule has 7 nitrogen and oxygen atoms in total. The van der Waals surface area contributed by atoms with Gasteiger partial charge in [-0.3, -0.25) is 9.59 Å². The summed E-state index contributed by atoms with van der Waals surface area (Å²) in [6.45, 7) is 1.54. The Balaban J connectivity index is 1.34. The summed E-state index contributed by atoms with van der Waals surface area (Å²) in [4.78, 5) is 43.2. The number of nitrogens with zero attached hydrogens (tertiary/aromatic N) is 3. The minimum atomic E-state index is -0.601. The average Bonchev–Trinajstić information content (AvgIpc) is 3.22. The second-order valence-electron chi connectivity index (χ2n) is 7.53. The van der Waals surface area contributed by atoms with E-state index in [1.54, 1.807) is 15.9 Å². The number of benzene rings is 2. The molecule has 5 rings (SSSR count). The molecule has 0 spiro atoms. The third-order valence-electron chi connectivity index (χ3n) is 5.97. The molecule has 0 radical (unpaired) electrons. The Morgan fingerprint density at radius 3 is 2.54 bits per heavy atom. The van der Waals surface area contributed by atoms with Crippen LogP contribution in [0.1, 0.15) is 12.8 Å². The number of hydrogen-bond donors (Lipinski definition) is 0. The molecule has 144 valence electrons.